The highest BCUT2D eigenvalue weighted by Gasteiger charge is 2.19. The molecule has 0 fully saturated rings. The zero-order valence-corrected chi connectivity index (χ0v) is 12.7. The number of benzene rings is 1. The number of halogens is 3. The van der Waals surface area contributed by atoms with E-state index < -0.39 is 5.82 Å². The van der Waals surface area contributed by atoms with Crippen molar-refractivity contribution in [2.75, 3.05) is 0 Å². The molecule has 1 aromatic carbocycles. The average molecular weight is 298 g/mol. The van der Waals surface area contributed by atoms with Crippen molar-refractivity contribution in [1.82, 2.24) is 4.98 Å². The standard InChI is InChI=1S/C15H14Cl2FN/c1-7-5-8(2)19-11(6-7)12-9(3)13(16)15(18)14(17)10(12)4/h5-6H,1-4H3. The monoisotopic (exact) mass is 297 g/mol. The molecule has 0 aliphatic carbocycles. The Balaban J connectivity index is 2.82. The highest BCUT2D eigenvalue weighted by atomic mass is 35.5. The van der Waals surface area contributed by atoms with E-state index in [4.69, 9.17) is 23.2 Å². The normalized spacial score (nSPS) is 10.9. The molecule has 0 bridgehead atoms. The van der Waals surface area contributed by atoms with Gasteiger partial charge in [-0.3, -0.25) is 4.98 Å². The second-order valence-electron chi connectivity index (χ2n) is 4.74. The second kappa shape index (κ2) is 5.10. The summed E-state index contributed by atoms with van der Waals surface area (Å²) < 4.78 is 13.8. The summed E-state index contributed by atoms with van der Waals surface area (Å²) in [6.07, 6.45) is 0. The summed E-state index contributed by atoms with van der Waals surface area (Å²) >= 11 is 12.0. The Morgan fingerprint density at radius 2 is 1.47 bits per heavy atom. The van der Waals surface area contributed by atoms with Gasteiger partial charge in [-0.25, -0.2) is 4.39 Å². The maximum atomic E-state index is 13.8. The third kappa shape index (κ3) is 2.47. The molecular formula is C15H14Cl2FN. The molecule has 0 N–H and O–H groups in total. The molecule has 0 aliphatic rings. The van der Waals surface area contributed by atoms with Crippen LogP contribution < -0.4 is 0 Å². The molecule has 2 aromatic rings. The molecular weight excluding hydrogens is 284 g/mol. The molecule has 0 spiro atoms. The molecule has 0 saturated carbocycles. The van der Waals surface area contributed by atoms with E-state index in [0.717, 1.165) is 22.5 Å². The lowest BCUT2D eigenvalue weighted by Crippen LogP contribution is -1.98. The van der Waals surface area contributed by atoms with Crippen molar-refractivity contribution < 1.29 is 4.39 Å². The van der Waals surface area contributed by atoms with Crippen molar-refractivity contribution in [3.8, 4) is 11.3 Å². The van der Waals surface area contributed by atoms with Crippen molar-refractivity contribution >= 4 is 23.2 Å². The quantitative estimate of drug-likeness (QED) is 0.640. The summed E-state index contributed by atoms with van der Waals surface area (Å²) in [6.45, 7) is 7.48. The Labute approximate surface area is 122 Å². The first kappa shape index (κ1) is 14.3. The summed E-state index contributed by atoms with van der Waals surface area (Å²) in [7, 11) is 0. The lowest BCUT2D eigenvalue weighted by molar-refractivity contribution is 0.626. The maximum Gasteiger partial charge on any atom is 0.160 e. The van der Waals surface area contributed by atoms with Crippen molar-refractivity contribution in [2.45, 2.75) is 27.7 Å². The van der Waals surface area contributed by atoms with Gasteiger partial charge in [0.1, 0.15) is 0 Å². The van der Waals surface area contributed by atoms with Gasteiger partial charge in [0.15, 0.2) is 5.82 Å². The van der Waals surface area contributed by atoms with Gasteiger partial charge in [0.2, 0.25) is 0 Å². The second-order valence-corrected chi connectivity index (χ2v) is 5.49. The van der Waals surface area contributed by atoms with Gasteiger partial charge in [-0.1, -0.05) is 23.2 Å². The summed E-state index contributed by atoms with van der Waals surface area (Å²) in [5, 5.41) is 0.123. The zero-order valence-electron chi connectivity index (χ0n) is 11.2. The Morgan fingerprint density at radius 3 is 1.95 bits per heavy atom. The number of rotatable bonds is 1. The van der Waals surface area contributed by atoms with Crippen LogP contribution >= 0.6 is 23.2 Å². The Morgan fingerprint density at radius 1 is 0.947 bits per heavy atom. The first-order valence-corrected chi connectivity index (χ1v) is 6.67. The van der Waals surface area contributed by atoms with Crippen molar-refractivity contribution in [3.05, 3.63) is 50.4 Å². The molecule has 0 atom stereocenters. The van der Waals surface area contributed by atoms with Crippen LogP contribution in [0.25, 0.3) is 11.3 Å². The van der Waals surface area contributed by atoms with Crippen LogP contribution in [0.5, 0.6) is 0 Å². The third-order valence-corrected chi connectivity index (χ3v) is 4.05. The summed E-state index contributed by atoms with van der Waals surface area (Å²) in [5.74, 6) is -0.563. The number of hydrogen-bond acceptors (Lipinski definition) is 1. The minimum atomic E-state index is -0.563. The van der Waals surface area contributed by atoms with E-state index in [1.165, 1.54) is 0 Å². The molecule has 0 radical (unpaired) electrons. The van der Waals surface area contributed by atoms with Crippen LogP contribution in [0.15, 0.2) is 12.1 Å². The van der Waals surface area contributed by atoms with E-state index in [1.807, 2.05) is 26.0 Å². The lowest BCUT2D eigenvalue weighted by Gasteiger charge is -2.15. The van der Waals surface area contributed by atoms with E-state index in [9.17, 15) is 4.39 Å². The third-order valence-electron chi connectivity index (χ3n) is 3.15. The molecule has 0 saturated heterocycles. The Kier molecular flexibility index (Phi) is 3.84. The minimum absolute atomic E-state index is 0.0616. The van der Waals surface area contributed by atoms with Gasteiger partial charge in [-0.2, -0.15) is 0 Å². The van der Waals surface area contributed by atoms with Crippen LogP contribution in [0.4, 0.5) is 4.39 Å². The van der Waals surface area contributed by atoms with Crippen LogP contribution in [0.1, 0.15) is 22.4 Å². The molecule has 100 valence electrons. The van der Waals surface area contributed by atoms with E-state index >= 15 is 0 Å². The molecule has 19 heavy (non-hydrogen) atoms. The molecule has 2 rings (SSSR count). The fourth-order valence-electron chi connectivity index (χ4n) is 2.28. The highest BCUT2D eigenvalue weighted by Crippen LogP contribution is 2.38. The highest BCUT2D eigenvalue weighted by molar-refractivity contribution is 6.36. The summed E-state index contributed by atoms with van der Waals surface area (Å²) in [6, 6.07) is 3.94. The van der Waals surface area contributed by atoms with Gasteiger partial charge >= 0.3 is 0 Å². The number of hydrogen-bond donors (Lipinski definition) is 0. The molecule has 0 unspecified atom stereocenters. The smallest absolute Gasteiger partial charge is 0.160 e. The zero-order chi connectivity index (χ0) is 14.3. The lowest BCUT2D eigenvalue weighted by atomic mass is 9.98. The molecule has 0 amide bonds. The van der Waals surface area contributed by atoms with Crippen LogP contribution in [0.3, 0.4) is 0 Å². The molecule has 1 nitrogen and oxygen atoms in total. The molecule has 1 heterocycles. The van der Waals surface area contributed by atoms with E-state index in [0.29, 0.717) is 11.1 Å². The molecule has 1 aromatic heterocycles. The van der Waals surface area contributed by atoms with Gasteiger partial charge in [0.05, 0.1) is 15.7 Å². The van der Waals surface area contributed by atoms with Gasteiger partial charge < -0.3 is 0 Å². The van der Waals surface area contributed by atoms with Crippen LogP contribution in [0.2, 0.25) is 10.0 Å². The molecule has 0 aliphatic heterocycles. The average Bonchev–Trinajstić information content (AvgIpc) is 2.33. The first-order valence-electron chi connectivity index (χ1n) is 5.92. The largest absolute Gasteiger partial charge is 0.253 e. The van der Waals surface area contributed by atoms with E-state index in [2.05, 4.69) is 4.98 Å². The van der Waals surface area contributed by atoms with Crippen molar-refractivity contribution in [3.63, 3.8) is 0 Å². The van der Waals surface area contributed by atoms with E-state index in [1.54, 1.807) is 13.8 Å². The predicted octanol–water partition coefficient (Wildman–Crippen LogP) is 5.43. The van der Waals surface area contributed by atoms with E-state index in [-0.39, 0.29) is 10.0 Å². The molecule has 4 heteroatoms. The van der Waals surface area contributed by atoms with Gasteiger partial charge in [-0.05, 0) is 56.5 Å². The van der Waals surface area contributed by atoms with Gasteiger partial charge in [0, 0.05) is 11.3 Å². The number of nitrogens with zero attached hydrogens (tertiary/aromatic N) is 1. The number of pyridine rings is 1. The summed E-state index contributed by atoms with van der Waals surface area (Å²) in [5.41, 5.74) is 4.92. The van der Waals surface area contributed by atoms with Crippen LogP contribution in [-0.2, 0) is 0 Å². The maximum absolute atomic E-state index is 13.8. The fraction of sp³-hybridized carbons (Fsp3) is 0.267. The first-order chi connectivity index (χ1) is 8.82. The predicted molar refractivity (Wildman–Crippen MR) is 78.6 cm³/mol. The van der Waals surface area contributed by atoms with Crippen LogP contribution in [0, 0.1) is 33.5 Å². The van der Waals surface area contributed by atoms with Crippen molar-refractivity contribution in [1.29, 1.82) is 0 Å². The van der Waals surface area contributed by atoms with Gasteiger partial charge in [0.25, 0.3) is 0 Å². The SMILES string of the molecule is Cc1cc(C)nc(-c2c(C)c(Cl)c(F)c(Cl)c2C)c1. The Bertz CT molecular complexity index is 616. The number of aryl methyl sites for hydroxylation is 2. The van der Waals surface area contributed by atoms with Gasteiger partial charge in [-0.15, -0.1) is 0 Å². The Hall–Kier alpha value is -1.12. The van der Waals surface area contributed by atoms with Crippen LogP contribution in [-0.4, -0.2) is 4.98 Å². The topological polar surface area (TPSA) is 12.9 Å². The fourth-order valence-corrected chi connectivity index (χ4v) is 2.71. The minimum Gasteiger partial charge on any atom is -0.253 e. The summed E-state index contributed by atoms with van der Waals surface area (Å²) in [4.78, 5) is 4.50. The van der Waals surface area contributed by atoms with Crippen molar-refractivity contribution in [2.24, 2.45) is 0 Å². The number of aromatic nitrogens is 1.